The van der Waals surface area contributed by atoms with Crippen molar-refractivity contribution >= 4 is 17.9 Å². The molecule has 2 N–H and O–H groups in total. The van der Waals surface area contributed by atoms with Crippen molar-refractivity contribution in [3.8, 4) is 0 Å². The molecule has 0 aromatic rings. The third-order valence-corrected chi connectivity index (χ3v) is 7.31. The van der Waals surface area contributed by atoms with Crippen LogP contribution in [-0.2, 0) is 14.4 Å². The highest BCUT2D eigenvalue weighted by Gasteiger charge is 2.54. The van der Waals surface area contributed by atoms with Crippen LogP contribution >= 0.6 is 0 Å². The van der Waals surface area contributed by atoms with Crippen LogP contribution in [0.1, 0.15) is 130 Å². The van der Waals surface area contributed by atoms with E-state index in [1.165, 1.54) is 19.3 Å². The molecule has 3 atom stereocenters. The van der Waals surface area contributed by atoms with Crippen molar-refractivity contribution in [2.45, 2.75) is 149 Å². The summed E-state index contributed by atoms with van der Waals surface area (Å²) < 4.78 is -0.438. The maximum absolute atomic E-state index is 12.5. The molecular weight excluding hydrogens is 458 g/mol. The minimum Gasteiger partial charge on any atom is -0.544 e. The Hall–Kier alpha value is -1.89. The summed E-state index contributed by atoms with van der Waals surface area (Å²) in [6.07, 6.45) is 17.2. The molecule has 0 aliphatic rings. The smallest absolute Gasteiger partial charge is 0.362 e. The third-order valence-electron chi connectivity index (χ3n) is 7.31. The first-order valence-electron chi connectivity index (χ1n) is 14.4. The van der Waals surface area contributed by atoms with Gasteiger partial charge in [0.05, 0.1) is 12.5 Å². The predicted octanol–water partition coefficient (Wildman–Crippen LogP) is 5.71. The Morgan fingerprint density at radius 2 is 1.06 bits per heavy atom. The van der Waals surface area contributed by atoms with E-state index in [9.17, 15) is 29.7 Å². The summed E-state index contributed by atoms with van der Waals surface area (Å²) in [7, 11) is 0. The molecule has 7 heteroatoms. The zero-order chi connectivity index (χ0) is 27.4. The number of carboxylic acids is 3. The topological polar surface area (TPSA) is 115 Å². The predicted molar refractivity (Wildman–Crippen MR) is 142 cm³/mol. The van der Waals surface area contributed by atoms with E-state index in [4.69, 9.17) is 0 Å². The average Bonchev–Trinajstić information content (AvgIpc) is 2.83. The molecule has 3 unspecified atom stereocenters. The van der Waals surface area contributed by atoms with Crippen LogP contribution < -0.4 is 5.11 Å². The molecule has 0 spiro atoms. The van der Waals surface area contributed by atoms with E-state index in [2.05, 4.69) is 19.1 Å². The molecule has 0 bridgehead atoms. The SMILES string of the molecule is CCC/C=C/CCCCCCCCC[N+](C(CCC)C(=O)[O-])(C(CCC)C(=O)O)C(CCC)C(=O)O. The number of allylic oxidation sites excluding steroid dienone is 2. The van der Waals surface area contributed by atoms with E-state index in [0.29, 0.717) is 25.7 Å². The number of aliphatic carboxylic acids is 3. The summed E-state index contributed by atoms with van der Waals surface area (Å²) in [5.41, 5.74) is 0. The summed E-state index contributed by atoms with van der Waals surface area (Å²) in [6, 6.07) is -3.33. The van der Waals surface area contributed by atoms with E-state index in [1.54, 1.807) is 0 Å². The van der Waals surface area contributed by atoms with Crippen molar-refractivity contribution in [3.63, 3.8) is 0 Å². The zero-order valence-corrected chi connectivity index (χ0v) is 23.4. The lowest BCUT2D eigenvalue weighted by Gasteiger charge is -2.52. The van der Waals surface area contributed by atoms with Gasteiger partial charge in [-0.2, -0.15) is 0 Å². The molecule has 0 rings (SSSR count). The van der Waals surface area contributed by atoms with Crippen LogP contribution in [0, 0.1) is 0 Å². The van der Waals surface area contributed by atoms with Gasteiger partial charge in [0.25, 0.3) is 0 Å². The summed E-state index contributed by atoms with van der Waals surface area (Å²) in [6.45, 7) is 7.96. The number of hydrogen-bond acceptors (Lipinski definition) is 4. The maximum Gasteiger partial charge on any atom is 0.362 e. The second-order valence-corrected chi connectivity index (χ2v) is 10.2. The van der Waals surface area contributed by atoms with Crippen molar-refractivity contribution in [1.82, 2.24) is 0 Å². The summed E-state index contributed by atoms with van der Waals surface area (Å²) in [4.78, 5) is 37.4. The summed E-state index contributed by atoms with van der Waals surface area (Å²) in [5, 5.41) is 32.8. The fourth-order valence-corrected chi connectivity index (χ4v) is 5.57. The first-order valence-corrected chi connectivity index (χ1v) is 14.4. The van der Waals surface area contributed by atoms with E-state index >= 15 is 0 Å². The van der Waals surface area contributed by atoms with Crippen molar-refractivity contribution in [2.75, 3.05) is 6.54 Å². The monoisotopic (exact) mass is 511 g/mol. The second kappa shape index (κ2) is 20.2. The van der Waals surface area contributed by atoms with Crippen molar-refractivity contribution < 1.29 is 34.2 Å². The highest BCUT2D eigenvalue weighted by atomic mass is 16.4. The van der Waals surface area contributed by atoms with Crippen LogP contribution in [0.25, 0.3) is 0 Å². The third kappa shape index (κ3) is 11.4. The number of unbranched alkanes of at least 4 members (excludes halogenated alkanes) is 8. The maximum atomic E-state index is 12.5. The van der Waals surface area contributed by atoms with Gasteiger partial charge in [-0.25, -0.2) is 9.59 Å². The van der Waals surface area contributed by atoms with Crippen molar-refractivity contribution in [3.05, 3.63) is 12.2 Å². The molecule has 0 aromatic carbocycles. The lowest BCUT2D eigenvalue weighted by molar-refractivity contribution is -0.975. The van der Waals surface area contributed by atoms with Crippen LogP contribution in [0.2, 0.25) is 0 Å². The van der Waals surface area contributed by atoms with E-state index in [0.717, 1.165) is 38.5 Å². The Labute approximate surface area is 219 Å². The van der Waals surface area contributed by atoms with Crippen LogP contribution in [0.3, 0.4) is 0 Å². The Morgan fingerprint density at radius 1 is 0.639 bits per heavy atom. The number of nitrogens with zero attached hydrogens (tertiary/aromatic N) is 1. The molecule has 0 amide bonds. The molecule has 0 fully saturated rings. The molecule has 0 aromatic heterocycles. The molecule has 0 saturated carbocycles. The van der Waals surface area contributed by atoms with Gasteiger partial charge in [0.1, 0.15) is 6.04 Å². The Morgan fingerprint density at radius 3 is 1.47 bits per heavy atom. The Balaban J connectivity index is 5.58. The fourth-order valence-electron chi connectivity index (χ4n) is 5.57. The van der Waals surface area contributed by atoms with E-state index < -0.39 is 40.5 Å². The molecule has 210 valence electrons. The standard InChI is InChI=1S/C29H53NO6/c1-5-9-10-11-12-13-14-15-16-17-18-19-23-30(24(20-6-2)27(31)32,25(21-7-3)28(33)34)26(22-8-4)29(35)36/h10-11,24-26H,5-9,12-23H2,1-4H3,(H2-,31,32,33,34,35,36)/b11-10+. The lowest BCUT2D eigenvalue weighted by atomic mass is 9.91. The molecule has 0 saturated heterocycles. The quantitative estimate of drug-likeness (QED) is 0.0975. The number of carbonyl (C=O) groups is 3. The second-order valence-electron chi connectivity index (χ2n) is 10.2. The van der Waals surface area contributed by atoms with Gasteiger partial charge in [-0.05, 0) is 44.9 Å². The van der Waals surface area contributed by atoms with Gasteiger partial charge >= 0.3 is 11.9 Å². The van der Waals surface area contributed by atoms with Crippen molar-refractivity contribution in [2.24, 2.45) is 0 Å². The number of carboxylic acid groups (broad SMARTS) is 3. The van der Waals surface area contributed by atoms with E-state index in [1.807, 2.05) is 20.8 Å². The fraction of sp³-hybridized carbons (Fsp3) is 0.828. The van der Waals surface area contributed by atoms with Crippen LogP contribution in [0.4, 0.5) is 0 Å². The Kier molecular flexibility index (Phi) is 19.1. The molecule has 36 heavy (non-hydrogen) atoms. The minimum absolute atomic E-state index is 0.204. The van der Waals surface area contributed by atoms with Crippen molar-refractivity contribution in [1.29, 1.82) is 0 Å². The first-order chi connectivity index (χ1) is 17.2. The summed E-state index contributed by atoms with van der Waals surface area (Å²) in [5.74, 6) is -3.57. The van der Waals surface area contributed by atoms with Gasteiger partial charge in [-0.1, -0.05) is 78.4 Å². The lowest BCUT2D eigenvalue weighted by Crippen LogP contribution is -2.74. The summed E-state index contributed by atoms with van der Waals surface area (Å²) >= 11 is 0. The van der Waals surface area contributed by atoms with Gasteiger partial charge < -0.3 is 20.1 Å². The van der Waals surface area contributed by atoms with E-state index in [-0.39, 0.29) is 25.8 Å². The van der Waals surface area contributed by atoms with Gasteiger partial charge in [-0.3, -0.25) is 4.48 Å². The highest BCUT2D eigenvalue weighted by Crippen LogP contribution is 2.34. The zero-order valence-electron chi connectivity index (χ0n) is 23.4. The number of carbonyl (C=O) groups excluding carboxylic acids is 1. The molecule has 7 nitrogen and oxygen atoms in total. The minimum atomic E-state index is -1.34. The number of hydrogen-bond donors (Lipinski definition) is 2. The van der Waals surface area contributed by atoms with Crippen LogP contribution in [0.5, 0.6) is 0 Å². The number of quaternary nitrogens is 1. The molecule has 0 heterocycles. The molecule has 0 radical (unpaired) electrons. The van der Waals surface area contributed by atoms with Gasteiger partial charge in [0.2, 0.25) is 0 Å². The average molecular weight is 512 g/mol. The largest absolute Gasteiger partial charge is 0.544 e. The van der Waals surface area contributed by atoms with Gasteiger partial charge in [-0.15, -0.1) is 0 Å². The molecule has 0 aliphatic heterocycles. The van der Waals surface area contributed by atoms with Gasteiger partial charge in [0, 0.05) is 19.3 Å². The first kappa shape index (κ1) is 34.1. The normalized spacial score (nSPS) is 15.9. The highest BCUT2D eigenvalue weighted by molar-refractivity contribution is 5.77. The molecule has 0 aliphatic carbocycles. The Bertz CT molecular complexity index is 588. The van der Waals surface area contributed by atoms with Gasteiger partial charge in [0.15, 0.2) is 12.1 Å². The molecular formula is C29H53NO6. The number of rotatable bonds is 24. The van der Waals surface area contributed by atoms with Crippen LogP contribution in [0.15, 0.2) is 12.2 Å². The van der Waals surface area contributed by atoms with Crippen LogP contribution in [-0.4, -0.2) is 57.3 Å².